The lowest BCUT2D eigenvalue weighted by atomic mass is 9.44. The Hall–Kier alpha value is -1.80. The maximum absolute atomic E-state index is 17.2. The summed E-state index contributed by atoms with van der Waals surface area (Å²) in [5, 5.41) is 11.4. The Balaban J connectivity index is 1.87. The third kappa shape index (κ3) is 2.96. The van der Waals surface area contributed by atoms with Crippen LogP contribution in [-0.4, -0.2) is 52.4 Å². The van der Waals surface area contributed by atoms with Crippen LogP contribution in [0.4, 0.5) is 8.78 Å². The summed E-state index contributed by atoms with van der Waals surface area (Å²) in [4.78, 5) is 37.8. The van der Waals surface area contributed by atoms with Gasteiger partial charge in [0, 0.05) is 29.1 Å². The van der Waals surface area contributed by atoms with Crippen LogP contribution in [0.25, 0.3) is 0 Å². The molecule has 9 heteroatoms. The molecule has 5 unspecified atom stereocenters. The summed E-state index contributed by atoms with van der Waals surface area (Å²) in [5.74, 6) is -4.09. The van der Waals surface area contributed by atoms with E-state index in [9.17, 15) is 19.5 Å². The molecule has 9 atom stereocenters. The van der Waals surface area contributed by atoms with Crippen LogP contribution < -0.4 is 0 Å². The van der Waals surface area contributed by atoms with Gasteiger partial charge in [0.05, 0.1) is 6.10 Å². The van der Waals surface area contributed by atoms with E-state index >= 15 is 8.78 Å². The lowest BCUT2D eigenvalue weighted by Crippen LogP contribution is -2.71. The van der Waals surface area contributed by atoms with Crippen LogP contribution in [-0.2, 0) is 23.9 Å². The second-order valence-electron chi connectivity index (χ2n) is 10.6. The second kappa shape index (κ2) is 8.12. The minimum absolute atomic E-state index is 0.00000558. The van der Waals surface area contributed by atoms with Crippen molar-refractivity contribution in [1.82, 2.24) is 0 Å². The highest BCUT2D eigenvalue weighted by atomic mass is 35.5. The molecule has 1 N–H and O–H groups in total. The van der Waals surface area contributed by atoms with Crippen LogP contribution in [0.15, 0.2) is 23.8 Å². The van der Waals surface area contributed by atoms with Crippen LogP contribution >= 0.6 is 11.6 Å². The fourth-order valence-corrected chi connectivity index (χ4v) is 7.73. The van der Waals surface area contributed by atoms with Crippen LogP contribution in [0.5, 0.6) is 0 Å². The van der Waals surface area contributed by atoms with Gasteiger partial charge in [0.1, 0.15) is 6.17 Å². The summed E-state index contributed by atoms with van der Waals surface area (Å²) in [5.41, 5.74) is -6.83. The van der Waals surface area contributed by atoms with Gasteiger partial charge < -0.3 is 14.6 Å². The Morgan fingerprint density at radius 1 is 1.26 bits per heavy atom. The Morgan fingerprint density at radius 2 is 1.94 bits per heavy atom. The summed E-state index contributed by atoms with van der Waals surface area (Å²) in [7, 11) is 0. The predicted octanol–water partition coefficient (Wildman–Crippen LogP) is 3.98. The number of alkyl halides is 3. The number of aliphatic hydroxyl groups excluding tert-OH is 1. The first-order valence-corrected chi connectivity index (χ1v) is 12.3. The van der Waals surface area contributed by atoms with Crippen LogP contribution in [0.1, 0.15) is 53.4 Å². The monoisotopic (exact) mass is 500 g/mol. The molecule has 188 valence electrons. The zero-order valence-corrected chi connectivity index (χ0v) is 20.5. The SMILES string of the molecule is CCC(=O)O[C@@]1(C(=O)OCCl)[C@H](C)CC2C3C[C@@H](F)C4=CC(=O)C=CC4(C)[C@]3(F)C(O)CC21C. The minimum Gasteiger partial charge on any atom is -0.446 e. The zero-order chi connectivity index (χ0) is 25.3. The van der Waals surface area contributed by atoms with E-state index in [1.54, 1.807) is 20.8 Å². The number of rotatable bonds is 4. The lowest BCUT2D eigenvalue weighted by molar-refractivity contribution is -0.238. The quantitative estimate of drug-likeness (QED) is 0.464. The van der Waals surface area contributed by atoms with Crippen molar-refractivity contribution in [2.45, 2.75) is 76.9 Å². The van der Waals surface area contributed by atoms with E-state index in [0.29, 0.717) is 0 Å². The topological polar surface area (TPSA) is 89.9 Å². The third-order valence-electron chi connectivity index (χ3n) is 9.22. The molecule has 4 aliphatic carbocycles. The van der Waals surface area contributed by atoms with Crippen molar-refractivity contribution in [2.75, 3.05) is 6.07 Å². The van der Waals surface area contributed by atoms with Gasteiger partial charge in [0.2, 0.25) is 5.60 Å². The van der Waals surface area contributed by atoms with Gasteiger partial charge in [-0.15, -0.1) is 0 Å². The number of aliphatic hydroxyl groups is 1. The summed E-state index contributed by atoms with van der Waals surface area (Å²) < 4.78 is 43.7. The largest absolute Gasteiger partial charge is 0.446 e. The number of carbonyl (C=O) groups is 3. The summed E-state index contributed by atoms with van der Waals surface area (Å²) in [6.07, 6.45) is 0.273. The van der Waals surface area contributed by atoms with Crippen molar-refractivity contribution in [3.63, 3.8) is 0 Å². The number of fused-ring (bicyclic) bond motifs is 5. The molecule has 34 heavy (non-hydrogen) atoms. The number of ketones is 1. The van der Waals surface area contributed by atoms with E-state index in [2.05, 4.69) is 0 Å². The lowest BCUT2D eigenvalue weighted by Gasteiger charge is -2.63. The van der Waals surface area contributed by atoms with E-state index in [1.165, 1.54) is 19.1 Å². The number of hydrogen-bond donors (Lipinski definition) is 1. The first kappa shape index (κ1) is 25.3. The van der Waals surface area contributed by atoms with Crippen molar-refractivity contribution in [2.24, 2.45) is 28.6 Å². The van der Waals surface area contributed by atoms with Crippen LogP contribution in [0, 0.1) is 28.6 Å². The Morgan fingerprint density at radius 3 is 2.56 bits per heavy atom. The maximum atomic E-state index is 17.2. The molecule has 0 radical (unpaired) electrons. The number of halogens is 3. The normalized spacial score (nSPS) is 47.2. The van der Waals surface area contributed by atoms with Crippen molar-refractivity contribution >= 4 is 29.3 Å². The highest BCUT2D eigenvalue weighted by Crippen LogP contribution is 2.71. The van der Waals surface area contributed by atoms with E-state index in [4.69, 9.17) is 21.1 Å². The minimum atomic E-state index is -2.29. The average molecular weight is 501 g/mol. The summed E-state index contributed by atoms with van der Waals surface area (Å²) in [6.45, 7) is 6.50. The van der Waals surface area contributed by atoms with Crippen molar-refractivity contribution < 1.29 is 37.7 Å². The van der Waals surface area contributed by atoms with E-state index < -0.39 is 75.9 Å². The molecule has 0 amide bonds. The molecule has 0 aliphatic heterocycles. The molecule has 0 heterocycles. The van der Waals surface area contributed by atoms with Crippen molar-refractivity contribution in [3.05, 3.63) is 23.8 Å². The first-order chi connectivity index (χ1) is 15.8. The van der Waals surface area contributed by atoms with E-state index in [0.717, 1.165) is 6.08 Å². The van der Waals surface area contributed by atoms with Crippen LogP contribution in [0.3, 0.4) is 0 Å². The standard InChI is InChI=1S/C25H31ClF2O6/c1-5-20(31)34-25(21(32)33-12-26)13(2)8-15-16-10-18(27)17-9-14(29)6-7-22(17,3)24(16,28)19(30)11-23(15,25)4/h6-7,9,13,15-16,18-19,30H,5,8,10-12H2,1-4H3/t13-,15?,16?,18-,19?,22?,23?,24-,25-/m1/s1. The fourth-order valence-electron chi connectivity index (χ4n) is 7.63. The van der Waals surface area contributed by atoms with Gasteiger partial charge in [0.25, 0.3) is 0 Å². The van der Waals surface area contributed by atoms with Gasteiger partial charge >= 0.3 is 11.9 Å². The molecule has 0 aromatic rings. The number of ether oxygens (including phenoxy) is 2. The highest BCUT2D eigenvalue weighted by Gasteiger charge is 2.78. The molecular formula is C25H31ClF2O6. The molecule has 0 aromatic carbocycles. The predicted molar refractivity (Wildman–Crippen MR) is 119 cm³/mol. The van der Waals surface area contributed by atoms with Gasteiger partial charge in [-0.05, 0) is 49.8 Å². The average Bonchev–Trinajstić information content (AvgIpc) is 2.99. The molecule has 0 bridgehead atoms. The molecule has 4 aliphatic rings. The third-order valence-corrected chi connectivity index (χ3v) is 9.33. The molecule has 0 saturated heterocycles. The molecule has 4 rings (SSSR count). The number of hydrogen-bond acceptors (Lipinski definition) is 6. The fraction of sp³-hybridized carbons (Fsp3) is 0.720. The maximum Gasteiger partial charge on any atom is 0.352 e. The Labute approximate surface area is 202 Å². The Kier molecular flexibility index (Phi) is 6.04. The molecule has 0 spiro atoms. The van der Waals surface area contributed by atoms with Gasteiger partial charge in [-0.2, -0.15) is 0 Å². The van der Waals surface area contributed by atoms with Gasteiger partial charge in [-0.3, -0.25) is 9.59 Å². The zero-order valence-electron chi connectivity index (χ0n) is 19.8. The van der Waals surface area contributed by atoms with Gasteiger partial charge in [0.15, 0.2) is 17.5 Å². The number of carbonyl (C=O) groups excluding carboxylic acids is 3. The van der Waals surface area contributed by atoms with Gasteiger partial charge in [-0.25, -0.2) is 13.6 Å². The summed E-state index contributed by atoms with van der Waals surface area (Å²) >= 11 is 5.68. The van der Waals surface area contributed by atoms with E-state index in [1.807, 2.05) is 0 Å². The van der Waals surface area contributed by atoms with Crippen molar-refractivity contribution in [3.8, 4) is 0 Å². The first-order valence-electron chi connectivity index (χ1n) is 11.7. The smallest absolute Gasteiger partial charge is 0.352 e. The van der Waals surface area contributed by atoms with Crippen LogP contribution in [0.2, 0.25) is 0 Å². The highest BCUT2D eigenvalue weighted by molar-refractivity contribution is 6.17. The number of allylic oxidation sites excluding steroid dienone is 4. The molecule has 6 nitrogen and oxygen atoms in total. The molecular weight excluding hydrogens is 470 g/mol. The second-order valence-corrected chi connectivity index (χ2v) is 10.8. The van der Waals surface area contributed by atoms with Crippen molar-refractivity contribution in [1.29, 1.82) is 0 Å². The van der Waals surface area contributed by atoms with E-state index in [-0.39, 0.29) is 31.3 Å². The molecule has 3 saturated carbocycles. The Bertz CT molecular complexity index is 982. The number of esters is 2. The summed E-state index contributed by atoms with van der Waals surface area (Å²) in [6, 6.07) is -0.464. The molecule has 0 aromatic heterocycles. The van der Waals surface area contributed by atoms with Gasteiger partial charge in [-0.1, -0.05) is 38.4 Å². The molecule has 3 fully saturated rings.